The number of nitrogens with zero attached hydrogens (tertiary/aromatic N) is 4. The van der Waals surface area contributed by atoms with Crippen LogP contribution in [0.5, 0.6) is 17.2 Å². The van der Waals surface area contributed by atoms with Crippen molar-refractivity contribution in [2.24, 2.45) is 0 Å². The molecule has 31 heavy (non-hydrogen) atoms. The average molecular weight is 456 g/mol. The highest BCUT2D eigenvalue weighted by Gasteiger charge is 2.17. The minimum atomic E-state index is 0.542. The highest BCUT2D eigenvalue weighted by molar-refractivity contribution is 7.98. The highest BCUT2D eigenvalue weighted by atomic mass is 32.2. The maximum atomic E-state index is 6.26. The van der Waals surface area contributed by atoms with Crippen LogP contribution in [-0.2, 0) is 5.75 Å². The van der Waals surface area contributed by atoms with E-state index in [9.17, 15) is 0 Å². The second-order valence-electron chi connectivity index (χ2n) is 6.35. The quantitative estimate of drug-likeness (QED) is 0.313. The van der Waals surface area contributed by atoms with Gasteiger partial charge in [0.1, 0.15) is 10.8 Å². The van der Waals surface area contributed by atoms with Gasteiger partial charge in [-0.25, -0.2) is 9.66 Å². The smallest absolute Gasteiger partial charge is 0.210 e. The van der Waals surface area contributed by atoms with Crippen LogP contribution in [0.15, 0.2) is 53.0 Å². The van der Waals surface area contributed by atoms with Gasteiger partial charge in [-0.15, -0.1) is 21.5 Å². The summed E-state index contributed by atoms with van der Waals surface area (Å²) in [5, 5.41) is 11.9. The Morgan fingerprint density at radius 2 is 1.68 bits per heavy atom. The Morgan fingerprint density at radius 3 is 2.45 bits per heavy atom. The fourth-order valence-electron chi connectivity index (χ4n) is 3.08. The first kappa shape index (κ1) is 21.0. The number of nitrogens with two attached hydrogens (primary N) is 1. The van der Waals surface area contributed by atoms with E-state index in [1.807, 2.05) is 47.8 Å². The number of hydrogen-bond acceptors (Lipinski definition) is 9. The van der Waals surface area contributed by atoms with Gasteiger partial charge in [0, 0.05) is 11.1 Å². The molecule has 4 rings (SSSR count). The van der Waals surface area contributed by atoms with E-state index in [1.54, 1.807) is 32.7 Å². The van der Waals surface area contributed by atoms with Crippen molar-refractivity contribution in [2.75, 3.05) is 27.2 Å². The molecule has 8 nitrogen and oxygen atoms in total. The molecule has 2 aromatic heterocycles. The fraction of sp³-hybridized carbons (Fsp3) is 0.190. The summed E-state index contributed by atoms with van der Waals surface area (Å²) in [6.07, 6.45) is 0. The summed E-state index contributed by atoms with van der Waals surface area (Å²) >= 11 is 3.01. The van der Waals surface area contributed by atoms with Gasteiger partial charge in [0.05, 0.1) is 38.2 Å². The van der Waals surface area contributed by atoms with Gasteiger partial charge in [-0.1, -0.05) is 30.0 Å². The van der Waals surface area contributed by atoms with E-state index in [2.05, 4.69) is 10.2 Å². The molecule has 0 radical (unpaired) electrons. The van der Waals surface area contributed by atoms with Crippen molar-refractivity contribution in [3.63, 3.8) is 0 Å². The second-order valence-corrected chi connectivity index (χ2v) is 8.15. The predicted octanol–water partition coefficient (Wildman–Crippen LogP) is 4.10. The number of nitrogen functional groups attached to an aromatic ring is 1. The van der Waals surface area contributed by atoms with Crippen LogP contribution in [0.4, 0.5) is 0 Å². The van der Waals surface area contributed by atoms with Crippen molar-refractivity contribution in [3.05, 3.63) is 53.5 Å². The molecule has 2 N–H and O–H groups in total. The molecule has 0 aliphatic heterocycles. The molecule has 10 heteroatoms. The van der Waals surface area contributed by atoms with Crippen LogP contribution in [0.3, 0.4) is 0 Å². The number of rotatable bonds is 8. The number of hydrogen-bond donors (Lipinski definition) is 1. The molecular formula is C21H21N5O3S2. The van der Waals surface area contributed by atoms with Crippen molar-refractivity contribution in [2.45, 2.75) is 10.9 Å². The van der Waals surface area contributed by atoms with Gasteiger partial charge in [-0.3, -0.25) is 0 Å². The van der Waals surface area contributed by atoms with Crippen LogP contribution in [0, 0.1) is 0 Å². The topological polar surface area (TPSA) is 97.3 Å². The second kappa shape index (κ2) is 9.27. The standard InChI is InChI=1S/C21H21N5O3S2/c1-27-16-9-5-4-7-14(16)19-24-25-21(26(19)22)31-12-13-11-30-20(23-13)15-8-6-10-17(28-2)18(15)29-3/h4-11H,12,22H2,1-3H3. The zero-order chi connectivity index (χ0) is 21.8. The lowest BCUT2D eigenvalue weighted by atomic mass is 10.2. The van der Waals surface area contributed by atoms with E-state index < -0.39 is 0 Å². The Hall–Kier alpha value is -3.24. The van der Waals surface area contributed by atoms with Crippen LogP contribution in [0.1, 0.15) is 5.69 Å². The summed E-state index contributed by atoms with van der Waals surface area (Å²) in [6, 6.07) is 13.3. The largest absolute Gasteiger partial charge is 0.496 e. The zero-order valence-electron chi connectivity index (χ0n) is 17.2. The lowest BCUT2D eigenvalue weighted by Crippen LogP contribution is -2.12. The lowest BCUT2D eigenvalue weighted by molar-refractivity contribution is 0.356. The Labute approximate surface area is 188 Å². The summed E-state index contributed by atoms with van der Waals surface area (Å²) in [4.78, 5) is 4.75. The first-order valence-corrected chi connectivity index (χ1v) is 11.1. The molecular weight excluding hydrogens is 434 g/mol. The van der Waals surface area contributed by atoms with Gasteiger partial charge in [0.2, 0.25) is 5.16 Å². The predicted molar refractivity (Wildman–Crippen MR) is 122 cm³/mol. The average Bonchev–Trinajstić information content (AvgIpc) is 3.43. The maximum Gasteiger partial charge on any atom is 0.210 e. The first-order chi connectivity index (χ1) is 15.2. The van der Waals surface area contributed by atoms with Crippen LogP contribution in [0.25, 0.3) is 22.0 Å². The molecule has 0 saturated heterocycles. The van der Waals surface area contributed by atoms with E-state index in [1.165, 1.54) is 16.4 Å². The Bertz CT molecular complexity index is 1190. The minimum Gasteiger partial charge on any atom is -0.496 e. The SMILES string of the molecule is COc1ccccc1-c1nnc(SCc2csc(-c3cccc(OC)c3OC)n2)n1N. The number of aromatic nitrogens is 4. The Morgan fingerprint density at radius 1 is 0.935 bits per heavy atom. The highest BCUT2D eigenvalue weighted by Crippen LogP contribution is 2.39. The molecule has 0 unspecified atom stereocenters. The number of methoxy groups -OCH3 is 3. The monoisotopic (exact) mass is 455 g/mol. The molecule has 2 heterocycles. The summed E-state index contributed by atoms with van der Waals surface area (Å²) in [6.45, 7) is 0. The number of benzene rings is 2. The molecule has 0 atom stereocenters. The van der Waals surface area contributed by atoms with Gasteiger partial charge >= 0.3 is 0 Å². The normalized spacial score (nSPS) is 10.8. The molecule has 0 saturated carbocycles. The van der Waals surface area contributed by atoms with Gasteiger partial charge in [-0.05, 0) is 24.3 Å². The van der Waals surface area contributed by atoms with E-state index in [0.29, 0.717) is 34.0 Å². The van der Waals surface area contributed by atoms with E-state index in [4.69, 9.17) is 25.0 Å². The maximum absolute atomic E-state index is 6.26. The first-order valence-electron chi connectivity index (χ1n) is 9.28. The third kappa shape index (κ3) is 4.17. The van der Waals surface area contributed by atoms with Crippen LogP contribution < -0.4 is 20.1 Å². The lowest BCUT2D eigenvalue weighted by Gasteiger charge is -2.10. The molecule has 0 aliphatic carbocycles. The summed E-state index contributed by atoms with van der Waals surface area (Å²) in [5.74, 6) is 9.43. The number of thiazole rings is 1. The molecule has 160 valence electrons. The Balaban J connectivity index is 1.52. The van der Waals surface area contributed by atoms with Crippen molar-refractivity contribution >= 4 is 23.1 Å². The zero-order valence-corrected chi connectivity index (χ0v) is 18.9. The van der Waals surface area contributed by atoms with Gasteiger partial charge in [0.15, 0.2) is 17.3 Å². The molecule has 4 aromatic rings. The van der Waals surface area contributed by atoms with E-state index >= 15 is 0 Å². The van der Waals surface area contributed by atoms with Crippen LogP contribution >= 0.6 is 23.1 Å². The van der Waals surface area contributed by atoms with Gasteiger partial charge in [-0.2, -0.15) is 0 Å². The third-order valence-corrected chi connectivity index (χ3v) is 6.45. The van der Waals surface area contributed by atoms with E-state index in [0.717, 1.165) is 21.8 Å². The molecule has 0 spiro atoms. The minimum absolute atomic E-state index is 0.542. The fourth-order valence-corrected chi connectivity index (χ4v) is 4.78. The molecule has 2 aromatic carbocycles. The molecule has 0 amide bonds. The van der Waals surface area contributed by atoms with Crippen LogP contribution in [-0.4, -0.2) is 41.2 Å². The third-order valence-electron chi connectivity index (χ3n) is 4.55. The number of ether oxygens (including phenoxy) is 3. The molecule has 0 fully saturated rings. The van der Waals surface area contributed by atoms with Gasteiger partial charge < -0.3 is 20.1 Å². The van der Waals surface area contributed by atoms with Gasteiger partial charge in [0.25, 0.3) is 0 Å². The molecule has 0 aliphatic rings. The van der Waals surface area contributed by atoms with Crippen molar-refractivity contribution < 1.29 is 14.2 Å². The summed E-state index contributed by atoms with van der Waals surface area (Å²) in [7, 11) is 4.86. The number of para-hydroxylation sites is 2. The van der Waals surface area contributed by atoms with Crippen molar-refractivity contribution in [1.29, 1.82) is 0 Å². The molecule has 0 bridgehead atoms. The summed E-state index contributed by atoms with van der Waals surface area (Å²) in [5.41, 5.74) is 2.59. The summed E-state index contributed by atoms with van der Waals surface area (Å²) < 4.78 is 17.8. The number of thioether (sulfide) groups is 1. The van der Waals surface area contributed by atoms with Crippen LogP contribution in [0.2, 0.25) is 0 Å². The Kier molecular flexibility index (Phi) is 6.28. The van der Waals surface area contributed by atoms with Crippen molar-refractivity contribution in [1.82, 2.24) is 19.9 Å². The van der Waals surface area contributed by atoms with Crippen molar-refractivity contribution in [3.8, 4) is 39.2 Å². The van der Waals surface area contributed by atoms with E-state index in [-0.39, 0.29) is 0 Å².